The molecule has 2 aromatic heterocycles. The number of hydrogen-bond donors (Lipinski definition) is 4. The first-order valence-corrected chi connectivity index (χ1v) is 5.76. The van der Waals surface area contributed by atoms with Crippen molar-refractivity contribution in [2.75, 3.05) is 12.3 Å². The van der Waals surface area contributed by atoms with Crippen LogP contribution in [0.25, 0.3) is 11.2 Å². The van der Waals surface area contributed by atoms with Crippen molar-refractivity contribution in [3.05, 3.63) is 12.7 Å². The molecular weight excluding hydrogens is 252 g/mol. The van der Waals surface area contributed by atoms with Gasteiger partial charge in [0.25, 0.3) is 0 Å². The highest BCUT2D eigenvalue weighted by molar-refractivity contribution is 5.81. The minimum absolute atomic E-state index is 0.221. The van der Waals surface area contributed by atoms with E-state index in [4.69, 9.17) is 21.3 Å². The van der Waals surface area contributed by atoms with E-state index in [1.165, 1.54) is 17.2 Å². The topological polar surface area (TPSA) is 145 Å². The standard InChI is InChI=1S/C10H14N6O3/c11-8-7-9(14-3-13-8)16(4-15-7)10(12)6(18)1-5(2-17)19-10/h3-6,17-18H,1-2,12H2,(H2,11,13,14)/t5-,6+,10-/m0/s1. The van der Waals surface area contributed by atoms with Crippen molar-refractivity contribution in [2.45, 2.75) is 24.5 Å². The third-order valence-corrected chi connectivity index (χ3v) is 3.26. The van der Waals surface area contributed by atoms with E-state index in [1.54, 1.807) is 0 Å². The summed E-state index contributed by atoms with van der Waals surface area (Å²) in [6.07, 6.45) is 1.38. The second-order valence-corrected chi connectivity index (χ2v) is 4.47. The van der Waals surface area contributed by atoms with Gasteiger partial charge >= 0.3 is 0 Å². The van der Waals surface area contributed by atoms with Crippen LogP contribution in [0.1, 0.15) is 6.42 Å². The molecule has 0 amide bonds. The normalized spacial score (nSPS) is 31.1. The molecule has 3 rings (SSSR count). The van der Waals surface area contributed by atoms with Gasteiger partial charge in [-0.05, 0) is 0 Å². The molecule has 19 heavy (non-hydrogen) atoms. The van der Waals surface area contributed by atoms with E-state index in [0.29, 0.717) is 11.2 Å². The Morgan fingerprint density at radius 2 is 2.26 bits per heavy atom. The first kappa shape index (κ1) is 12.2. The van der Waals surface area contributed by atoms with Crippen LogP contribution in [0.2, 0.25) is 0 Å². The van der Waals surface area contributed by atoms with Crippen LogP contribution in [-0.2, 0) is 10.6 Å². The van der Waals surface area contributed by atoms with Crippen LogP contribution in [-0.4, -0.2) is 48.5 Å². The van der Waals surface area contributed by atoms with Crippen molar-refractivity contribution in [1.29, 1.82) is 0 Å². The summed E-state index contributed by atoms with van der Waals surface area (Å²) in [5, 5.41) is 19.2. The maximum absolute atomic E-state index is 10.1. The average molecular weight is 266 g/mol. The predicted molar refractivity (Wildman–Crippen MR) is 64.5 cm³/mol. The lowest BCUT2D eigenvalue weighted by Crippen LogP contribution is -2.50. The number of aliphatic hydroxyl groups is 2. The maximum Gasteiger partial charge on any atom is 0.229 e. The van der Waals surface area contributed by atoms with Crippen LogP contribution in [0.15, 0.2) is 12.7 Å². The molecule has 6 N–H and O–H groups in total. The summed E-state index contributed by atoms with van der Waals surface area (Å²) in [6.45, 7) is -0.222. The fraction of sp³-hybridized carbons (Fsp3) is 0.500. The molecule has 0 aliphatic carbocycles. The number of ether oxygens (including phenoxy) is 1. The summed E-state index contributed by atoms with van der Waals surface area (Å²) >= 11 is 0. The monoisotopic (exact) mass is 266 g/mol. The van der Waals surface area contributed by atoms with E-state index < -0.39 is 18.1 Å². The van der Waals surface area contributed by atoms with Gasteiger partial charge in [0, 0.05) is 6.42 Å². The van der Waals surface area contributed by atoms with E-state index >= 15 is 0 Å². The Balaban J connectivity index is 2.12. The van der Waals surface area contributed by atoms with Crippen LogP contribution in [0, 0.1) is 0 Å². The Bertz CT molecular complexity index is 616. The SMILES string of the molecule is Nc1ncnc2c1ncn2[C@]1(N)O[C@H](CO)C[C@H]1O. The van der Waals surface area contributed by atoms with Gasteiger partial charge in [0.2, 0.25) is 5.85 Å². The lowest BCUT2D eigenvalue weighted by Gasteiger charge is -2.28. The van der Waals surface area contributed by atoms with Gasteiger partial charge in [0.05, 0.1) is 12.7 Å². The molecule has 2 aromatic rings. The first-order valence-electron chi connectivity index (χ1n) is 5.76. The van der Waals surface area contributed by atoms with Gasteiger partial charge in [-0.1, -0.05) is 0 Å². The Morgan fingerprint density at radius 3 is 2.95 bits per heavy atom. The third kappa shape index (κ3) is 1.67. The third-order valence-electron chi connectivity index (χ3n) is 3.26. The number of hydrogen-bond acceptors (Lipinski definition) is 8. The summed E-state index contributed by atoms with van der Waals surface area (Å²) in [5.41, 5.74) is 12.5. The molecule has 1 fully saturated rings. The number of nitrogens with two attached hydrogens (primary N) is 2. The lowest BCUT2D eigenvalue weighted by molar-refractivity contribution is -0.141. The Morgan fingerprint density at radius 1 is 1.47 bits per heavy atom. The van der Waals surface area contributed by atoms with Gasteiger partial charge in [-0.25, -0.2) is 15.0 Å². The molecule has 0 spiro atoms. The summed E-state index contributed by atoms with van der Waals surface area (Å²) < 4.78 is 6.91. The highest BCUT2D eigenvalue weighted by atomic mass is 16.6. The molecule has 3 atom stereocenters. The van der Waals surface area contributed by atoms with Gasteiger partial charge in [-0.2, -0.15) is 0 Å². The number of nitrogen functional groups attached to an aromatic ring is 1. The van der Waals surface area contributed by atoms with Crippen molar-refractivity contribution in [1.82, 2.24) is 19.5 Å². The summed E-state index contributed by atoms with van der Waals surface area (Å²) in [7, 11) is 0. The molecule has 102 valence electrons. The molecule has 9 nitrogen and oxygen atoms in total. The van der Waals surface area contributed by atoms with Crippen LogP contribution in [0.3, 0.4) is 0 Å². The fourth-order valence-electron chi connectivity index (χ4n) is 2.25. The minimum Gasteiger partial charge on any atom is -0.394 e. The molecular formula is C10H14N6O3. The number of anilines is 1. The minimum atomic E-state index is -1.52. The maximum atomic E-state index is 10.1. The molecule has 0 radical (unpaired) electrons. The van der Waals surface area contributed by atoms with Crippen molar-refractivity contribution in [3.63, 3.8) is 0 Å². The number of fused-ring (bicyclic) bond motifs is 1. The molecule has 9 heteroatoms. The molecule has 0 unspecified atom stereocenters. The molecule has 0 bridgehead atoms. The number of aliphatic hydroxyl groups excluding tert-OH is 2. The molecule has 0 aromatic carbocycles. The van der Waals surface area contributed by atoms with Gasteiger partial charge in [0.1, 0.15) is 24.3 Å². The van der Waals surface area contributed by atoms with E-state index in [1.807, 2.05) is 0 Å². The number of aromatic nitrogens is 4. The Kier molecular flexibility index (Phi) is 2.64. The highest BCUT2D eigenvalue weighted by Crippen LogP contribution is 2.32. The number of imidazole rings is 1. The largest absolute Gasteiger partial charge is 0.394 e. The molecule has 1 aliphatic rings. The van der Waals surface area contributed by atoms with Gasteiger partial charge < -0.3 is 20.7 Å². The smallest absolute Gasteiger partial charge is 0.229 e. The van der Waals surface area contributed by atoms with E-state index in [2.05, 4.69) is 15.0 Å². The molecule has 1 aliphatic heterocycles. The zero-order valence-corrected chi connectivity index (χ0v) is 9.97. The average Bonchev–Trinajstić information content (AvgIpc) is 2.94. The summed E-state index contributed by atoms with van der Waals surface area (Å²) in [4.78, 5) is 12.0. The summed E-state index contributed by atoms with van der Waals surface area (Å²) in [6, 6.07) is 0. The van der Waals surface area contributed by atoms with E-state index in [0.717, 1.165) is 0 Å². The van der Waals surface area contributed by atoms with E-state index in [-0.39, 0.29) is 18.8 Å². The van der Waals surface area contributed by atoms with Crippen LogP contribution >= 0.6 is 0 Å². The van der Waals surface area contributed by atoms with Gasteiger partial charge in [-0.15, -0.1) is 0 Å². The van der Waals surface area contributed by atoms with Crippen molar-refractivity contribution < 1.29 is 14.9 Å². The van der Waals surface area contributed by atoms with Crippen molar-refractivity contribution in [2.24, 2.45) is 5.73 Å². The predicted octanol–water partition coefficient (Wildman–Crippen LogP) is -1.88. The number of nitrogens with zero attached hydrogens (tertiary/aromatic N) is 4. The van der Waals surface area contributed by atoms with Gasteiger partial charge in [0.15, 0.2) is 11.5 Å². The van der Waals surface area contributed by atoms with Gasteiger partial charge in [-0.3, -0.25) is 10.3 Å². The second-order valence-electron chi connectivity index (χ2n) is 4.47. The first-order chi connectivity index (χ1) is 9.06. The fourth-order valence-corrected chi connectivity index (χ4v) is 2.25. The molecule has 3 heterocycles. The Labute approximate surface area is 107 Å². The molecule has 1 saturated heterocycles. The lowest BCUT2D eigenvalue weighted by atomic mass is 10.1. The highest BCUT2D eigenvalue weighted by Gasteiger charge is 2.47. The quantitative estimate of drug-likeness (QED) is 0.494. The second kappa shape index (κ2) is 4.10. The van der Waals surface area contributed by atoms with Crippen LogP contribution in [0.4, 0.5) is 5.82 Å². The Hall–Kier alpha value is -1.81. The zero-order chi connectivity index (χ0) is 13.6. The van der Waals surface area contributed by atoms with E-state index in [9.17, 15) is 5.11 Å². The summed E-state index contributed by atoms with van der Waals surface area (Å²) in [5.74, 6) is -1.30. The van der Waals surface area contributed by atoms with Crippen LogP contribution < -0.4 is 11.5 Å². The van der Waals surface area contributed by atoms with Crippen LogP contribution in [0.5, 0.6) is 0 Å². The number of rotatable bonds is 2. The van der Waals surface area contributed by atoms with Crippen molar-refractivity contribution in [3.8, 4) is 0 Å². The van der Waals surface area contributed by atoms with Crippen molar-refractivity contribution >= 4 is 17.0 Å². The zero-order valence-electron chi connectivity index (χ0n) is 9.97. The molecule has 0 saturated carbocycles.